The molecule has 0 unspecified atom stereocenters. The summed E-state index contributed by atoms with van der Waals surface area (Å²) in [5, 5.41) is 1.11. The number of aromatic nitrogens is 1. The molecular formula is C29H22N2O2. The average Bonchev–Trinajstić information content (AvgIpc) is 3.11. The molecule has 33 heavy (non-hydrogen) atoms. The first-order valence-corrected chi connectivity index (χ1v) is 11.3. The molecule has 4 aromatic rings. The summed E-state index contributed by atoms with van der Waals surface area (Å²) in [6.45, 7) is 0. The predicted octanol–water partition coefficient (Wildman–Crippen LogP) is 5.33. The first-order chi connectivity index (χ1) is 16.2. The third-order valence-corrected chi connectivity index (χ3v) is 6.73. The molecule has 6 rings (SSSR count). The Kier molecular flexibility index (Phi) is 4.65. The first-order valence-electron chi connectivity index (χ1n) is 11.3. The lowest BCUT2D eigenvalue weighted by Crippen LogP contribution is -2.46. The van der Waals surface area contributed by atoms with Crippen LogP contribution < -0.4 is 0 Å². The zero-order valence-electron chi connectivity index (χ0n) is 18.0. The van der Waals surface area contributed by atoms with Gasteiger partial charge in [0, 0.05) is 17.0 Å². The molecule has 3 aromatic carbocycles. The van der Waals surface area contributed by atoms with Crippen molar-refractivity contribution < 1.29 is 9.59 Å². The fourth-order valence-corrected chi connectivity index (χ4v) is 5.06. The topological polar surface area (TPSA) is 50.3 Å². The molecule has 160 valence electrons. The number of para-hydroxylation sites is 1. The van der Waals surface area contributed by atoms with Crippen LogP contribution >= 0.6 is 0 Å². The van der Waals surface area contributed by atoms with Crippen LogP contribution in [-0.4, -0.2) is 27.7 Å². The fourth-order valence-electron chi connectivity index (χ4n) is 5.06. The van der Waals surface area contributed by atoms with Gasteiger partial charge in [-0.05, 0) is 48.2 Å². The summed E-state index contributed by atoms with van der Waals surface area (Å²) in [4.78, 5) is 33.1. The molecule has 0 radical (unpaired) electrons. The van der Waals surface area contributed by atoms with E-state index in [1.807, 2.05) is 48.5 Å². The van der Waals surface area contributed by atoms with Gasteiger partial charge in [-0.15, -0.1) is 0 Å². The number of imide groups is 1. The molecule has 0 bridgehead atoms. The monoisotopic (exact) mass is 430 g/mol. The van der Waals surface area contributed by atoms with Gasteiger partial charge in [0.1, 0.15) is 0 Å². The minimum atomic E-state index is -0.294. The molecule has 0 saturated heterocycles. The van der Waals surface area contributed by atoms with Crippen molar-refractivity contribution in [2.24, 2.45) is 5.92 Å². The molecule has 0 fully saturated rings. The average molecular weight is 431 g/mol. The summed E-state index contributed by atoms with van der Waals surface area (Å²) in [7, 11) is 0. The van der Waals surface area contributed by atoms with Crippen molar-refractivity contribution in [1.82, 2.24) is 9.88 Å². The van der Waals surface area contributed by atoms with Crippen molar-refractivity contribution in [3.05, 3.63) is 119 Å². The lowest BCUT2D eigenvalue weighted by Gasteiger charge is -2.33. The van der Waals surface area contributed by atoms with Crippen molar-refractivity contribution >= 4 is 28.8 Å². The largest absolute Gasteiger partial charge is 0.270 e. The maximum absolute atomic E-state index is 13.4. The number of hydrogen-bond acceptors (Lipinski definition) is 3. The van der Waals surface area contributed by atoms with Crippen molar-refractivity contribution in [3.8, 4) is 0 Å². The van der Waals surface area contributed by atoms with Crippen LogP contribution in [0.1, 0.15) is 37.5 Å². The van der Waals surface area contributed by atoms with E-state index >= 15 is 0 Å². The molecule has 1 aliphatic heterocycles. The Bertz CT molecular complexity index is 1390. The highest BCUT2D eigenvalue weighted by Crippen LogP contribution is 2.34. The molecule has 4 nitrogen and oxygen atoms in total. The number of pyridine rings is 1. The summed E-state index contributed by atoms with van der Waals surface area (Å²) >= 11 is 0. The number of fused-ring (bicyclic) bond motifs is 3. The molecule has 0 N–H and O–H groups in total. The molecule has 2 aliphatic rings. The van der Waals surface area contributed by atoms with Gasteiger partial charge in [0.15, 0.2) is 0 Å². The van der Waals surface area contributed by atoms with Gasteiger partial charge < -0.3 is 0 Å². The van der Waals surface area contributed by atoms with Crippen LogP contribution in [-0.2, 0) is 12.8 Å². The van der Waals surface area contributed by atoms with E-state index < -0.39 is 0 Å². The van der Waals surface area contributed by atoms with Crippen LogP contribution in [0.15, 0.2) is 91.0 Å². The zero-order valence-corrected chi connectivity index (χ0v) is 18.0. The van der Waals surface area contributed by atoms with Crippen molar-refractivity contribution in [3.63, 3.8) is 0 Å². The van der Waals surface area contributed by atoms with Crippen molar-refractivity contribution in [1.29, 1.82) is 0 Å². The lowest BCUT2D eigenvalue weighted by atomic mass is 9.83. The molecular weight excluding hydrogens is 408 g/mol. The Morgan fingerprint density at radius 2 is 1.52 bits per heavy atom. The van der Waals surface area contributed by atoms with E-state index in [0.29, 0.717) is 24.0 Å². The minimum absolute atomic E-state index is 0.0198. The van der Waals surface area contributed by atoms with E-state index in [1.165, 1.54) is 4.90 Å². The Morgan fingerprint density at radius 3 is 2.27 bits per heavy atom. The first kappa shape index (κ1) is 19.6. The highest BCUT2D eigenvalue weighted by atomic mass is 16.2. The lowest BCUT2D eigenvalue weighted by molar-refractivity contribution is 0.0545. The van der Waals surface area contributed by atoms with Gasteiger partial charge in [-0.3, -0.25) is 19.5 Å². The number of rotatable bonds is 4. The van der Waals surface area contributed by atoms with Gasteiger partial charge in [0.05, 0.1) is 22.7 Å². The molecule has 1 aliphatic carbocycles. The Hall–Kier alpha value is -4.05. The number of carbonyl (C=O) groups is 2. The zero-order chi connectivity index (χ0) is 22.4. The number of amides is 2. The highest BCUT2D eigenvalue weighted by Gasteiger charge is 2.42. The fraction of sp³-hybridized carbons (Fsp3) is 0.138. The van der Waals surface area contributed by atoms with E-state index in [2.05, 4.69) is 36.4 Å². The number of hydrogen-bond donors (Lipinski definition) is 0. The normalized spacial score (nSPS) is 17.8. The number of benzene rings is 3. The van der Waals surface area contributed by atoms with Gasteiger partial charge >= 0.3 is 0 Å². The molecule has 4 heteroatoms. The van der Waals surface area contributed by atoms with E-state index in [9.17, 15) is 9.59 Å². The van der Waals surface area contributed by atoms with Crippen LogP contribution in [0.3, 0.4) is 0 Å². The summed E-state index contributed by atoms with van der Waals surface area (Å²) in [6, 6.07) is 27.2. The maximum atomic E-state index is 13.4. The van der Waals surface area contributed by atoms with Gasteiger partial charge in [0.25, 0.3) is 11.8 Å². The van der Waals surface area contributed by atoms with Crippen LogP contribution in [0, 0.1) is 5.92 Å². The van der Waals surface area contributed by atoms with E-state index in [1.54, 1.807) is 12.1 Å². The SMILES string of the molecule is O=C1c2ccccc2C(=O)N1[C@H](Cc1ccccc1)[C@@H]1C=Cc2cc3ccccc3nc2C1. The van der Waals surface area contributed by atoms with Crippen LogP contribution in [0.2, 0.25) is 0 Å². The molecule has 2 amide bonds. The van der Waals surface area contributed by atoms with Gasteiger partial charge in [-0.1, -0.05) is 72.8 Å². The minimum Gasteiger partial charge on any atom is -0.270 e. The summed E-state index contributed by atoms with van der Waals surface area (Å²) < 4.78 is 0. The molecule has 0 spiro atoms. The Morgan fingerprint density at radius 1 is 0.848 bits per heavy atom. The van der Waals surface area contributed by atoms with Crippen molar-refractivity contribution in [2.45, 2.75) is 18.9 Å². The Balaban J connectivity index is 1.40. The quantitative estimate of drug-likeness (QED) is 0.411. The molecule has 2 atom stereocenters. The van der Waals surface area contributed by atoms with Crippen molar-refractivity contribution in [2.75, 3.05) is 0 Å². The van der Waals surface area contributed by atoms with Crippen LogP contribution in [0.4, 0.5) is 0 Å². The molecule has 1 aromatic heterocycles. The van der Waals surface area contributed by atoms with Crippen LogP contribution in [0.25, 0.3) is 17.0 Å². The van der Waals surface area contributed by atoms with Gasteiger partial charge in [-0.2, -0.15) is 0 Å². The highest BCUT2D eigenvalue weighted by molar-refractivity contribution is 6.21. The van der Waals surface area contributed by atoms with E-state index in [4.69, 9.17) is 4.98 Å². The second-order valence-electron chi connectivity index (χ2n) is 8.73. The van der Waals surface area contributed by atoms with Gasteiger partial charge in [0.2, 0.25) is 0 Å². The maximum Gasteiger partial charge on any atom is 0.261 e. The summed E-state index contributed by atoms with van der Waals surface area (Å²) in [5.74, 6) is -0.432. The third-order valence-electron chi connectivity index (χ3n) is 6.73. The number of carbonyl (C=O) groups excluding carboxylic acids is 2. The molecule has 0 saturated carbocycles. The standard InChI is InChI=1S/C29H22N2O2/c32-28-23-11-5-6-12-24(23)29(33)31(28)27(16-19-8-2-1-3-9-19)22-15-14-21-17-20-10-4-7-13-25(20)30-26(21)18-22/h1-15,17,22,27H,16,18H2/t22-,27-/m1/s1. The predicted molar refractivity (Wildman–Crippen MR) is 129 cm³/mol. The van der Waals surface area contributed by atoms with E-state index in [-0.39, 0.29) is 23.8 Å². The summed E-state index contributed by atoms with van der Waals surface area (Å²) in [6.07, 6.45) is 5.53. The second kappa shape index (κ2) is 7.82. The van der Waals surface area contributed by atoms with Gasteiger partial charge in [-0.25, -0.2) is 0 Å². The Labute approximate surface area is 192 Å². The third kappa shape index (κ3) is 3.35. The molecule has 2 heterocycles. The summed E-state index contributed by atoms with van der Waals surface area (Å²) in [5.41, 5.74) is 5.16. The van der Waals surface area contributed by atoms with E-state index in [0.717, 1.165) is 27.7 Å². The van der Waals surface area contributed by atoms with Crippen LogP contribution in [0.5, 0.6) is 0 Å². The second-order valence-corrected chi connectivity index (χ2v) is 8.73. The smallest absolute Gasteiger partial charge is 0.261 e. The number of nitrogens with zero attached hydrogens (tertiary/aromatic N) is 2.